The molecule has 0 N–H and O–H groups in total. The summed E-state index contributed by atoms with van der Waals surface area (Å²) in [6, 6.07) is 23.8. The van der Waals surface area contributed by atoms with Gasteiger partial charge in [-0.05, 0) is 110 Å². The van der Waals surface area contributed by atoms with Crippen LogP contribution in [0.25, 0.3) is 56.3 Å². The highest BCUT2D eigenvalue weighted by molar-refractivity contribution is 6.17. The summed E-state index contributed by atoms with van der Waals surface area (Å²) in [7, 11) is 0. The summed E-state index contributed by atoms with van der Waals surface area (Å²) < 4.78 is 0. The largest absolute Gasteiger partial charge is 0.118 e. The fourth-order valence-electron chi connectivity index (χ4n) is 5.68. The second-order valence-corrected chi connectivity index (χ2v) is 10.1. The molecule has 4 aromatic rings. The Kier molecular flexibility index (Phi) is 17.3. The molecule has 0 unspecified atom stereocenters. The third-order valence-corrected chi connectivity index (χ3v) is 7.53. The first-order chi connectivity index (χ1) is 22.5. The second kappa shape index (κ2) is 20.3. The van der Waals surface area contributed by atoms with Crippen molar-refractivity contribution >= 4 is 34.1 Å². The maximum absolute atomic E-state index is 4.29. The van der Waals surface area contributed by atoms with Crippen molar-refractivity contribution in [1.29, 1.82) is 0 Å². The summed E-state index contributed by atoms with van der Waals surface area (Å²) >= 11 is 0. The SMILES string of the molecule is C.C=C(/C=C\C)c1c(C)ccc2c1-c1cccc3cccc-2c13.C=Cc1cccc(C2=CC=C=C(C)C=C2)c1C=C.CC.CC.CC. The lowest BCUT2D eigenvalue weighted by atomic mass is 9.90. The predicted molar refractivity (Wildman–Crippen MR) is 219 cm³/mol. The fourth-order valence-corrected chi connectivity index (χ4v) is 5.68. The first-order valence-electron chi connectivity index (χ1n) is 16.7. The van der Waals surface area contributed by atoms with Crippen molar-refractivity contribution < 1.29 is 0 Å². The lowest BCUT2D eigenvalue weighted by Gasteiger charge is -2.14. The van der Waals surface area contributed by atoms with Crippen LogP contribution in [0.3, 0.4) is 0 Å². The van der Waals surface area contributed by atoms with E-state index in [9.17, 15) is 0 Å². The van der Waals surface area contributed by atoms with Crippen LogP contribution in [0, 0.1) is 6.92 Å². The van der Waals surface area contributed by atoms with E-state index in [1.54, 1.807) is 0 Å². The number of aryl methyl sites for hydroxylation is 1. The highest BCUT2D eigenvalue weighted by Gasteiger charge is 2.24. The third-order valence-electron chi connectivity index (χ3n) is 7.53. The summed E-state index contributed by atoms with van der Waals surface area (Å²) in [5.74, 6) is 0. The fraction of sp³-hybridized carbons (Fsp3) is 0.213. The monoisotopic (exact) mass is 620 g/mol. The van der Waals surface area contributed by atoms with Crippen molar-refractivity contribution in [2.45, 2.75) is 69.7 Å². The van der Waals surface area contributed by atoms with E-state index in [0.29, 0.717) is 0 Å². The van der Waals surface area contributed by atoms with Gasteiger partial charge in [-0.25, -0.2) is 0 Å². The third kappa shape index (κ3) is 8.88. The van der Waals surface area contributed by atoms with E-state index in [0.717, 1.165) is 27.8 Å². The summed E-state index contributed by atoms with van der Waals surface area (Å²) in [6.45, 7) is 30.3. The van der Waals surface area contributed by atoms with Gasteiger partial charge in [0.1, 0.15) is 0 Å². The van der Waals surface area contributed by atoms with Crippen molar-refractivity contribution in [3.63, 3.8) is 0 Å². The minimum Gasteiger partial charge on any atom is -0.118 e. The number of hydrogen-bond donors (Lipinski definition) is 0. The molecule has 0 spiro atoms. The zero-order valence-corrected chi connectivity index (χ0v) is 29.6. The second-order valence-electron chi connectivity index (χ2n) is 10.1. The van der Waals surface area contributed by atoms with Crippen LogP contribution in [0.1, 0.15) is 90.6 Å². The average Bonchev–Trinajstić information content (AvgIpc) is 3.27. The minimum absolute atomic E-state index is 0. The first kappa shape index (κ1) is 40.1. The topological polar surface area (TPSA) is 0 Å². The molecular weight excluding hydrogens is 565 g/mol. The van der Waals surface area contributed by atoms with Gasteiger partial charge in [0.2, 0.25) is 0 Å². The number of rotatable bonds is 5. The highest BCUT2D eigenvalue weighted by atomic mass is 14.3. The predicted octanol–water partition coefficient (Wildman–Crippen LogP) is 15.1. The van der Waals surface area contributed by atoms with E-state index >= 15 is 0 Å². The Morgan fingerprint density at radius 3 is 1.94 bits per heavy atom. The molecule has 0 saturated carbocycles. The molecule has 0 aliphatic heterocycles. The number of allylic oxidation sites excluding steroid dienone is 8. The van der Waals surface area contributed by atoms with Crippen LogP contribution in [-0.4, -0.2) is 0 Å². The van der Waals surface area contributed by atoms with E-state index in [2.05, 4.69) is 117 Å². The highest BCUT2D eigenvalue weighted by Crippen LogP contribution is 2.50. The van der Waals surface area contributed by atoms with Crippen LogP contribution in [-0.2, 0) is 0 Å². The zero-order valence-electron chi connectivity index (χ0n) is 29.6. The van der Waals surface area contributed by atoms with Gasteiger partial charge in [0.25, 0.3) is 0 Å². The minimum atomic E-state index is 0. The van der Waals surface area contributed by atoms with Gasteiger partial charge in [0.05, 0.1) is 0 Å². The number of hydrogen-bond acceptors (Lipinski definition) is 0. The molecule has 4 aromatic carbocycles. The maximum atomic E-state index is 4.29. The molecular formula is C47H56. The molecule has 2 aliphatic carbocycles. The standard InChI is InChI=1S/C22H18.C18H16.3C2H6.CH4/c1-4-7-14(2)20-15(3)12-13-18-17-10-5-8-16-9-6-11-19(21(16)17)22(18)20;1-4-15-9-7-11-18(17(15)5-2)16-10-6-8-14(3)12-13-16;3*1-2;/h4-13H,2H2,1,3H3;4-7,9-13H,1-2H2,3H3;3*1-2H3;1H4/b7-4-;;;;;. The van der Waals surface area contributed by atoms with Gasteiger partial charge in [0, 0.05) is 0 Å². The average molecular weight is 621 g/mol. The van der Waals surface area contributed by atoms with Gasteiger partial charge >= 0.3 is 0 Å². The van der Waals surface area contributed by atoms with Crippen LogP contribution in [0.15, 0.2) is 134 Å². The molecule has 244 valence electrons. The molecule has 0 amide bonds. The molecule has 0 aromatic heterocycles. The quantitative estimate of drug-likeness (QED) is 0.135. The molecule has 0 bridgehead atoms. The summed E-state index contributed by atoms with van der Waals surface area (Å²) in [4.78, 5) is 0. The molecule has 2 aliphatic rings. The van der Waals surface area contributed by atoms with Gasteiger partial charge in [-0.1, -0.05) is 172 Å². The lowest BCUT2D eigenvalue weighted by Crippen LogP contribution is -1.91. The summed E-state index contributed by atoms with van der Waals surface area (Å²) in [5.41, 5.74) is 17.9. The van der Waals surface area contributed by atoms with Crippen LogP contribution in [0.4, 0.5) is 0 Å². The number of fused-ring (bicyclic) bond motifs is 3. The Balaban J connectivity index is 0.000000405. The van der Waals surface area contributed by atoms with Crippen LogP contribution in [0.2, 0.25) is 0 Å². The van der Waals surface area contributed by atoms with E-state index in [-0.39, 0.29) is 7.43 Å². The normalized spacial score (nSPS) is 11.3. The van der Waals surface area contributed by atoms with Gasteiger partial charge in [0.15, 0.2) is 0 Å². The molecule has 0 saturated heterocycles. The maximum Gasteiger partial charge on any atom is -0.00177 e. The molecule has 0 atom stereocenters. The van der Waals surface area contributed by atoms with Crippen LogP contribution in [0.5, 0.6) is 0 Å². The van der Waals surface area contributed by atoms with Crippen molar-refractivity contribution in [2.75, 3.05) is 0 Å². The van der Waals surface area contributed by atoms with Gasteiger partial charge < -0.3 is 0 Å². The molecule has 0 heteroatoms. The lowest BCUT2D eigenvalue weighted by molar-refractivity contribution is 1.43. The summed E-state index contributed by atoms with van der Waals surface area (Å²) in [6.07, 6.45) is 16.1. The molecule has 0 nitrogen and oxygen atoms in total. The van der Waals surface area contributed by atoms with Crippen molar-refractivity contribution in [3.05, 3.63) is 162 Å². The van der Waals surface area contributed by atoms with E-state index in [1.807, 2.05) is 85.8 Å². The Morgan fingerprint density at radius 1 is 0.702 bits per heavy atom. The first-order valence-corrected chi connectivity index (χ1v) is 16.7. The Bertz CT molecular complexity index is 1830. The Labute approximate surface area is 287 Å². The Hall–Kier alpha value is -4.90. The smallest absolute Gasteiger partial charge is 0.00177 e. The molecule has 0 fully saturated rings. The van der Waals surface area contributed by atoms with Crippen molar-refractivity contribution in [3.8, 4) is 22.3 Å². The Morgan fingerprint density at radius 2 is 1.32 bits per heavy atom. The zero-order chi connectivity index (χ0) is 34.2. The van der Waals surface area contributed by atoms with E-state index in [1.165, 1.54) is 49.7 Å². The van der Waals surface area contributed by atoms with Crippen LogP contribution >= 0.6 is 0 Å². The molecule has 6 rings (SSSR count). The van der Waals surface area contributed by atoms with Crippen molar-refractivity contribution in [1.82, 2.24) is 0 Å². The van der Waals surface area contributed by atoms with Gasteiger partial charge in [-0.3, -0.25) is 0 Å². The molecule has 47 heavy (non-hydrogen) atoms. The van der Waals surface area contributed by atoms with Gasteiger partial charge in [-0.15, -0.1) is 5.73 Å². The summed E-state index contributed by atoms with van der Waals surface area (Å²) in [5, 5.41) is 2.69. The molecule has 0 radical (unpaired) electrons. The van der Waals surface area contributed by atoms with Crippen molar-refractivity contribution in [2.24, 2.45) is 0 Å². The van der Waals surface area contributed by atoms with Gasteiger partial charge in [-0.2, -0.15) is 0 Å². The molecule has 0 heterocycles. The van der Waals surface area contributed by atoms with E-state index < -0.39 is 0 Å². The number of benzene rings is 4. The van der Waals surface area contributed by atoms with Crippen LogP contribution < -0.4 is 0 Å². The van der Waals surface area contributed by atoms with E-state index in [4.69, 9.17) is 0 Å².